The van der Waals surface area contributed by atoms with Crippen LogP contribution < -0.4 is 9.47 Å². The minimum atomic E-state index is -0.670. The SMILES string of the molecule is COc1cc2c(cc1OC)[C@]1(c3ccccc3)C=C(c3ccccc3)C(=O)N1CC2. The van der Waals surface area contributed by atoms with Crippen molar-refractivity contribution in [1.82, 2.24) is 4.90 Å². The molecule has 150 valence electrons. The summed E-state index contributed by atoms with van der Waals surface area (Å²) in [5.41, 5.74) is 4.31. The Morgan fingerprint density at radius 1 is 0.867 bits per heavy atom. The van der Waals surface area contributed by atoms with Crippen molar-refractivity contribution in [2.45, 2.75) is 12.0 Å². The lowest BCUT2D eigenvalue weighted by molar-refractivity contribution is -0.127. The normalized spacial score (nSPS) is 19.7. The Morgan fingerprint density at radius 3 is 2.17 bits per heavy atom. The summed E-state index contributed by atoms with van der Waals surface area (Å²) in [5.74, 6) is 1.44. The molecule has 0 unspecified atom stereocenters. The molecule has 0 aromatic heterocycles. The molecule has 0 radical (unpaired) electrons. The number of methoxy groups -OCH3 is 2. The van der Waals surface area contributed by atoms with E-state index in [1.54, 1.807) is 14.2 Å². The van der Waals surface area contributed by atoms with Crippen molar-refractivity contribution >= 4 is 11.5 Å². The van der Waals surface area contributed by atoms with Gasteiger partial charge in [0, 0.05) is 12.1 Å². The van der Waals surface area contributed by atoms with Gasteiger partial charge >= 0.3 is 0 Å². The van der Waals surface area contributed by atoms with E-state index in [2.05, 4.69) is 24.3 Å². The molecular formula is C26H23NO3. The van der Waals surface area contributed by atoms with Crippen LogP contribution >= 0.6 is 0 Å². The van der Waals surface area contributed by atoms with Crippen molar-refractivity contribution in [3.05, 3.63) is 101 Å². The highest BCUT2D eigenvalue weighted by Gasteiger charge is 2.51. The van der Waals surface area contributed by atoms with Crippen LogP contribution in [0.3, 0.4) is 0 Å². The van der Waals surface area contributed by atoms with Gasteiger partial charge in [0.2, 0.25) is 0 Å². The van der Waals surface area contributed by atoms with Gasteiger partial charge in [-0.05, 0) is 46.9 Å². The number of nitrogens with zero attached hydrogens (tertiary/aromatic N) is 1. The predicted molar refractivity (Wildman–Crippen MR) is 117 cm³/mol. The third-order valence-corrected chi connectivity index (χ3v) is 6.18. The molecule has 5 rings (SSSR count). The minimum absolute atomic E-state index is 0.0606. The second kappa shape index (κ2) is 7.06. The van der Waals surface area contributed by atoms with Crippen LogP contribution in [-0.2, 0) is 16.8 Å². The number of carbonyl (C=O) groups excluding carboxylic acids is 1. The molecule has 1 amide bonds. The van der Waals surface area contributed by atoms with Gasteiger partial charge < -0.3 is 14.4 Å². The molecular weight excluding hydrogens is 374 g/mol. The van der Waals surface area contributed by atoms with Gasteiger partial charge in [-0.15, -0.1) is 0 Å². The highest BCUT2D eigenvalue weighted by Crippen LogP contribution is 2.51. The molecule has 4 heteroatoms. The third-order valence-electron chi connectivity index (χ3n) is 6.18. The molecule has 0 aliphatic carbocycles. The molecule has 0 saturated heterocycles. The first kappa shape index (κ1) is 18.5. The molecule has 2 aliphatic rings. The lowest BCUT2D eigenvalue weighted by atomic mass is 9.76. The Bertz CT molecular complexity index is 1140. The molecule has 4 nitrogen and oxygen atoms in total. The molecule has 30 heavy (non-hydrogen) atoms. The number of hydrogen-bond acceptors (Lipinski definition) is 3. The van der Waals surface area contributed by atoms with E-state index in [1.807, 2.05) is 59.5 Å². The quantitative estimate of drug-likeness (QED) is 0.654. The number of rotatable bonds is 4. The van der Waals surface area contributed by atoms with Crippen molar-refractivity contribution in [3.8, 4) is 11.5 Å². The third kappa shape index (κ3) is 2.57. The van der Waals surface area contributed by atoms with Gasteiger partial charge in [-0.3, -0.25) is 4.79 Å². The molecule has 3 aromatic carbocycles. The van der Waals surface area contributed by atoms with E-state index in [-0.39, 0.29) is 5.91 Å². The van der Waals surface area contributed by atoms with Gasteiger partial charge in [0.05, 0.1) is 14.2 Å². The van der Waals surface area contributed by atoms with Crippen molar-refractivity contribution in [3.63, 3.8) is 0 Å². The maximum atomic E-state index is 13.6. The second-order valence-electron chi connectivity index (χ2n) is 7.63. The van der Waals surface area contributed by atoms with Gasteiger partial charge in [0.1, 0.15) is 5.54 Å². The summed E-state index contributed by atoms with van der Waals surface area (Å²) in [6.45, 7) is 0.642. The molecule has 0 saturated carbocycles. The van der Waals surface area contributed by atoms with Gasteiger partial charge in [-0.2, -0.15) is 0 Å². The average molecular weight is 397 g/mol. The molecule has 0 spiro atoms. The molecule has 2 heterocycles. The molecule has 0 fully saturated rings. The van der Waals surface area contributed by atoms with Crippen LogP contribution in [0.15, 0.2) is 78.9 Å². The Hall–Kier alpha value is -3.53. The molecule has 0 N–H and O–H groups in total. The van der Waals surface area contributed by atoms with E-state index < -0.39 is 5.54 Å². The summed E-state index contributed by atoms with van der Waals surface area (Å²) in [7, 11) is 3.30. The maximum Gasteiger partial charge on any atom is 0.255 e. The van der Waals surface area contributed by atoms with Gasteiger partial charge in [0.25, 0.3) is 5.91 Å². The topological polar surface area (TPSA) is 38.8 Å². The monoisotopic (exact) mass is 397 g/mol. The Balaban J connectivity index is 1.82. The van der Waals surface area contributed by atoms with Crippen LogP contribution in [0.1, 0.15) is 22.3 Å². The van der Waals surface area contributed by atoms with E-state index in [4.69, 9.17) is 9.47 Å². The lowest BCUT2D eigenvalue weighted by Crippen LogP contribution is -2.49. The van der Waals surface area contributed by atoms with Crippen LogP contribution in [0.5, 0.6) is 11.5 Å². The Labute approximate surface area is 176 Å². The van der Waals surface area contributed by atoms with Crippen molar-refractivity contribution in [1.29, 1.82) is 0 Å². The number of hydrogen-bond donors (Lipinski definition) is 0. The average Bonchev–Trinajstić information content (AvgIpc) is 3.13. The highest BCUT2D eigenvalue weighted by atomic mass is 16.5. The first-order chi connectivity index (χ1) is 14.7. The zero-order valence-corrected chi connectivity index (χ0v) is 17.1. The van der Waals surface area contributed by atoms with E-state index in [0.717, 1.165) is 28.7 Å². The smallest absolute Gasteiger partial charge is 0.255 e. The lowest BCUT2D eigenvalue weighted by Gasteiger charge is -2.44. The standard InChI is InChI=1S/C26H23NO3/c1-29-23-15-19-13-14-27-25(28)21(18-9-5-3-6-10-18)17-26(27,20-11-7-4-8-12-20)22(19)16-24(23)30-2/h3-12,15-17H,13-14H2,1-2H3/t26-/m1/s1. The maximum absolute atomic E-state index is 13.6. The largest absolute Gasteiger partial charge is 0.493 e. The predicted octanol–water partition coefficient (Wildman–Crippen LogP) is 4.43. The van der Waals surface area contributed by atoms with Gasteiger partial charge in [-0.1, -0.05) is 60.7 Å². The van der Waals surface area contributed by atoms with Crippen LogP contribution in [0, 0.1) is 0 Å². The number of ether oxygens (including phenoxy) is 2. The number of fused-ring (bicyclic) bond motifs is 3. The first-order valence-electron chi connectivity index (χ1n) is 10.1. The summed E-state index contributed by atoms with van der Waals surface area (Å²) in [6, 6.07) is 24.2. The van der Waals surface area contributed by atoms with Crippen LogP contribution in [-0.4, -0.2) is 31.6 Å². The van der Waals surface area contributed by atoms with E-state index in [0.29, 0.717) is 18.0 Å². The van der Waals surface area contributed by atoms with Crippen molar-refractivity contribution in [2.24, 2.45) is 0 Å². The van der Waals surface area contributed by atoms with E-state index >= 15 is 0 Å². The second-order valence-corrected chi connectivity index (χ2v) is 7.63. The molecule has 0 bridgehead atoms. The van der Waals surface area contributed by atoms with Crippen LogP contribution in [0.4, 0.5) is 0 Å². The zero-order chi connectivity index (χ0) is 20.7. The van der Waals surface area contributed by atoms with Crippen LogP contribution in [0.2, 0.25) is 0 Å². The molecule has 1 atom stereocenters. The summed E-state index contributed by atoms with van der Waals surface area (Å²) in [5, 5.41) is 0. The fourth-order valence-corrected chi connectivity index (χ4v) is 4.78. The Morgan fingerprint density at radius 2 is 1.50 bits per heavy atom. The van der Waals surface area contributed by atoms with Crippen molar-refractivity contribution in [2.75, 3.05) is 20.8 Å². The fraction of sp³-hybridized carbons (Fsp3) is 0.192. The highest BCUT2D eigenvalue weighted by molar-refractivity contribution is 6.22. The van der Waals surface area contributed by atoms with Gasteiger partial charge in [-0.25, -0.2) is 0 Å². The summed E-state index contributed by atoms with van der Waals surface area (Å²) in [4.78, 5) is 15.6. The molecule has 3 aromatic rings. The van der Waals surface area contributed by atoms with Crippen LogP contribution in [0.25, 0.3) is 5.57 Å². The summed E-state index contributed by atoms with van der Waals surface area (Å²) >= 11 is 0. The summed E-state index contributed by atoms with van der Waals surface area (Å²) < 4.78 is 11.2. The number of benzene rings is 3. The van der Waals surface area contributed by atoms with Crippen molar-refractivity contribution < 1.29 is 14.3 Å². The van der Waals surface area contributed by atoms with Gasteiger partial charge in [0.15, 0.2) is 11.5 Å². The first-order valence-corrected chi connectivity index (χ1v) is 10.1. The fourth-order valence-electron chi connectivity index (χ4n) is 4.78. The number of carbonyl (C=O) groups is 1. The number of amides is 1. The Kier molecular flexibility index (Phi) is 4.35. The summed E-state index contributed by atoms with van der Waals surface area (Å²) in [6.07, 6.45) is 2.90. The minimum Gasteiger partial charge on any atom is -0.493 e. The molecule has 2 aliphatic heterocycles. The van der Waals surface area contributed by atoms with E-state index in [9.17, 15) is 4.79 Å². The zero-order valence-electron chi connectivity index (χ0n) is 17.1. The van der Waals surface area contributed by atoms with E-state index in [1.165, 1.54) is 5.56 Å².